The third-order valence-corrected chi connectivity index (χ3v) is 9.96. The van der Waals surface area contributed by atoms with Crippen molar-refractivity contribution >= 4 is 43.5 Å². The fraction of sp³-hybridized carbons (Fsp3) is 0.297. The third-order valence-electron chi connectivity index (χ3n) is 7.57. The maximum atomic E-state index is 14.7. The van der Waals surface area contributed by atoms with Crippen molar-refractivity contribution in [1.82, 2.24) is 10.2 Å². The van der Waals surface area contributed by atoms with Gasteiger partial charge in [0.15, 0.2) is 0 Å². The number of ether oxygens (including phenoxy) is 2. The lowest BCUT2D eigenvalue weighted by Crippen LogP contribution is -2.56. The second-order valence-corrected chi connectivity index (χ2v) is 15.2. The first-order valence-corrected chi connectivity index (χ1v) is 17.7. The summed E-state index contributed by atoms with van der Waals surface area (Å²) in [5, 5.41) is 3.04. The number of benzene rings is 4. The first kappa shape index (κ1) is 36.5. The summed E-state index contributed by atoms with van der Waals surface area (Å²) in [6.45, 7) is 6.98. The number of carbonyl (C=O) groups excluding carboxylic acids is 2. The normalized spacial score (nSPS) is 12.1. The number of carbonyl (C=O) groups is 2. The van der Waals surface area contributed by atoms with Crippen LogP contribution in [0, 0.1) is 6.92 Å². The maximum Gasteiger partial charge on any atom is 0.264 e. The molecule has 4 aromatic rings. The molecular weight excluding hydrogens is 694 g/mol. The number of hydrogen-bond donors (Lipinski definition) is 1. The summed E-state index contributed by atoms with van der Waals surface area (Å²) in [5.41, 5.74) is 2.21. The smallest absolute Gasteiger partial charge is 0.264 e. The molecule has 0 aliphatic heterocycles. The molecule has 4 rings (SSSR count). The van der Waals surface area contributed by atoms with Crippen LogP contribution in [0.4, 0.5) is 5.69 Å². The van der Waals surface area contributed by atoms with E-state index in [-0.39, 0.29) is 23.8 Å². The van der Waals surface area contributed by atoms with Gasteiger partial charge in [0.1, 0.15) is 24.1 Å². The van der Waals surface area contributed by atoms with Crippen molar-refractivity contribution in [3.63, 3.8) is 0 Å². The van der Waals surface area contributed by atoms with E-state index >= 15 is 0 Å². The van der Waals surface area contributed by atoms with Crippen LogP contribution < -0.4 is 19.1 Å². The van der Waals surface area contributed by atoms with Crippen molar-refractivity contribution in [2.75, 3.05) is 25.1 Å². The zero-order chi connectivity index (χ0) is 35.1. The Morgan fingerprint density at radius 2 is 1.52 bits per heavy atom. The summed E-state index contributed by atoms with van der Waals surface area (Å²) >= 11 is 3.39. The number of hydrogen-bond acceptors (Lipinski definition) is 6. The number of nitrogens with one attached hydrogen (secondary N) is 1. The lowest BCUT2D eigenvalue weighted by atomic mass is 10.0. The van der Waals surface area contributed by atoms with Gasteiger partial charge in [-0.3, -0.25) is 13.9 Å². The molecule has 1 unspecified atom stereocenters. The monoisotopic (exact) mass is 735 g/mol. The Kier molecular flexibility index (Phi) is 11.9. The van der Waals surface area contributed by atoms with Gasteiger partial charge in [-0.05, 0) is 97.2 Å². The molecule has 9 nitrogen and oxygen atoms in total. The number of rotatable bonds is 13. The Labute approximate surface area is 292 Å². The second-order valence-electron chi connectivity index (χ2n) is 12.5. The molecule has 1 N–H and O–H groups in total. The number of sulfonamides is 1. The number of aryl methyl sites for hydroxylation is 1. The topological polar surface area (TPSA) is 105 Å². The molecule has 0 heterocycles. The predicted molar refractivity (Wildman–Crippen MR) is 192 cm³/mol. The SMILES string of the molecule is COc1cccc(CN(C(=O)CN(c2ccc(C)cc2)S(=O)(=O)c2ccc(OC)c(Br)c2)C(Cc2ccccc2)C(=O)NC(C)(C)C)c1. The minimum atomic E-state index is -4.28. The zero-order valence-electron chi connectivity index (χ0n) is 28.1. The average molecular weight is 737 g/mol. The number of anilines is 1. The van der Waals surface area contributed by atoms with E-state index in [9.17, 15) is 18.0 Å². The van der Waals surface area contributed by atoms with E-state index in [0.29, 0.717) is 27.2 Å². The van der Waals surface area contributed by atoms with E-state index in [2.05, 4.69) is 21.2 Å². The minimum Gasteiger partial charge on any atom is -0.497 e. The molecule has 0 aliphatic carbocycles. The molecule has 0 spiro atoms. The maximum absolute atomic E-state index is 14.7. The molecule has 4 aromatic carbocycles. The van der Waals surface area contributed by atoms with Crippen LogP contribution in [0.1, 0.15) is 37.5 Å². The molecule has 0 saturated heterocycles. The molecule has 1 atom stereocenters. The van der Waals surface area contributed by atoms with E-state index in [1.807, 2.05) is 70.2 Å². The van der Waals surface area contributed by atoms with Gasteiger partial charge in [-0.1, -0.05) is 60.2 Å². The molecule has 11 heteroatoms. The molecule has 0 aromatic heterocycles. The fourth-order valence-electron chi connectivity index (χ4n) is 5.15. The quantitative estimate of drug-likeness (QED) is 0.168. The summed E-state index contributed by atoms with van der Waals surface area (Å²) in [6.07, 6.45) is 0.209. The molecule has 2 amide bonds. The van der Waals surface area contributed by atoms with Crippen molar-refractivity contribution in [3.8, 4) is 11.5 Å². The van der Waals surface area contributed by atoms with Gasteiger partial charge in [0.2, 0.25) is 11.8 Å². The molecule has 0 bridgehead atoms. The Hall–Kier alpha value is -4.35. The largest absolute Gasteiger partial charge is 0.497 e. The first-order valence-electron chi connectivity index (χ1n) is 15.4. The van der Waals surface area contributed by atoms with Gasteiger partial charge in [-0.15, -0.1) is 0 Å². The lowest BCUT2D eigenvalue weighted by Gasteiger charge is -2.35. The van der Waals surface area contributed by atoms with E-state index in [1.54, 1.807) is 49.6 Å². The summed E-state index contributed by atoms with van der Waals surface area (Å²) < 4.78 is 41.0. The van der Waals surface area contributed by atoms with Crippen LogP contribution >= 0.6 is 15.9 Å². The van der Waals surface area contributed by atoms with Crippen LogP contribution in [0.2, 0.25) is 0 Å². The Morgan fingerprint density at radius 3 is 2.12 bits per heavy atom. The van der Waals surface area contributed by atoms with Crippen molar-refractivity contribution in [1.29, 1.82) is 0 Å². The van der Waals surface area contributed by atoms with Crippen LogP contribution in [0.15, 0.2) is 106 Å². The Bertz CT molecular complexity index is 1830. The highest BCUT2D eigenvalue weighted by Crippen LogP contribution is 2.31. The number of nitrogens with zero attached hydrogens (tertiary/aromatic N) is 2. The van der Waals surface area contributed by atoms with Gasteiger partial charge in [0.05, 0.1) is 29.3 Å². The van der Waals surface area contributed by atoms with Crippen LogP contribution in [0.25, 0.3) is 0 Å². The van der Waals surface area contributed by atoms with Gasteiger partial charge in [-0.25, -0.2) is 8.42 Å². The molecule has 254 valence electrons. The molecule has 0 radical (unpaired) electrons. The van der Waals surface area contributed by atoms with Crippen LogP contribution in [-0.2, 0) is 32.6 Å². The molecular formula is C37H42BrN3O6S. The highest BCUT2D eigenvalue weighted by molar-refractivity contribution is 9.10. The van der Waals surface area contributed by atoms with E-state index < -0.39 is 34.1 Å². The fourth-order valence-corrected chi connectivity index (χ4v) is 7.28. The average Bonchev–Trinajstić information content (AvgIpc) is 3.05. The highest BCUT2D eigenvalue weighted by Gasteiger charge is 2.36. The molecule has 48 heavy (non-hydrogen) atoms. The van der Waals surface area contributed by atoms with E-state index in [1.165, 1.54) is 24.1 Å². The molecule has 0 saturated carbocycles. The van der Waals surface area contributed by atoms with Crippen LogP contribution in [0.5, 0.6) is 11.5 Å². The number of halogens is 1. The number of methoxy groups -OCH3 is 2. The summed E-state index contributed by atoms with van der Waals surface area (Å²) in [5.74, 6) is 0.142. The zero-order valence-corrected chi connectivity index (χ0v) is 30.5. The summed E-state index contributed by atoms with van der Waals surface area (Å²) in [6, 6.07) is 27.0. The van der Waals surface area contributed by atoms with E-state index in [0.717, 1.165) is 15.4 Å². The molecule has 0 fully saturated rings. The van der Waals surface area contributed by atoms with Crippen LogP contribution in [-0.4, -0.2) is 57.5 Å². The third kappa shape index (κ3) is 9.38. The van der Waals surface area contributed by atoms with Crippen molar-refractivity contribution in [2.45, 2.75) is 57.1 Å². The first-order chi connectivity index (χ1) is 22.7. The van der Waals surface area contributed by atoms with Gasteiger partial charge >= 0.3 is 0 Å². The van der Waals surface area contributed by atoms with Crippen LogP contribution in [0.3, 0.4) is 0 Å². The van der Waals surface area contributed by atoms with Crippen molar-refractivity contribution in [2.24, 2.45) is 0 Å². The highest BCUT2D eigenvalue weighted by atomic mass is 79.9. The second kappa shape index (κ2) is 15.7. The summed E-state index contributed by atoms with van der Waals surface area (Å²) in [4.78, 5) is 30.2. The van der Waals surface area contributed by atoms with Crippen molar-refractivity contribution < 1.29 is 27.5 Å². The number of amides is 2. The summed E-state index contributed by atoms with van der Waals surface area (Å²) in [7, 11) is -1.24. The van der Waals surface area contributed by atoms with Gasteiger partial charge < -0.3 is 19.7 Å². The van der Waals surface area contributed by atoms with Gasteiger partial charge in [0.25, 0.3) is 10.0 Å². The van der Waals surface area contributed by atoms with Crippen molar-refractivity contribution in [3.05, 3.63) is 118 Å². The Balaban J connectivity index is 1.84. The van der Waals surface area contributed by atoms with Gasteiger partial charge in [-0.2, -0.15) is 0 Å². The standard InChI is InChI=1S/C37H42BrN3O6S/c1-26-15-17-29(18-16-26)41(48(44,45)31-19-20-34(47-6)32(38)23-31)25-35(42)40(24-28-13-10-14-30(21-28)46-5)33(36(43)39-37(2,3)4)22-27-11-8-7-9-12-27/h7-21,23,33H,22,24-25H2,1-6H3,(H,39,43). The van der Waals surface area contributed by atoms with E-state index in [4.69, 9.17) is 9.47 Å². The lowest BCUT2D eigenvalue weighted by molar-refractivity contribution is -0.140. The minimum absolute atomic E-state index is 0.0287. The molecule has 0 aliphatic rings. The predicted octanol–water partition coefficient (Wildman–Crippen LogP) is 6.52. The van der Waals surface area contributed by atoms with Gasteiger partial charge in [0, 0.05) is 18.5 Å². The Morgan fingerprint density at radius 1 is 0.854 bits per heavy atom.